The molecule has 0 fully saturated rings. The number of hydrogen-bond donors (Lipinski definition) is 0. The minimum Gasteiger partial charge on any atom is -0.455 e. The van der Waals surface area contributed by atoms with Crippen LogP contribution in [0, 0.1) is 0 Å². The summed E-state index contributed by atoms with van der Waals surface area (Å²) in [5.74, 6) is 1.86. The molecule has 0 saturated carbocycles. The predicted octanol–water partition coefficient (Wildman–Crippen LogP) is 13.4. The van der Waals surface area contributed by atoms with Crippen LogP contribution in [0.5, 0.6) is 0 Å². The molecule has 2 aromatic heterocycles. The van der Waals surface area contributed by atoms with Gasteiger partial charge in [0.05, 0.1) is 0 Å². The quantitative estimate of drug-likeness (QED) is 0.166. The topological polar surface area (TPSA) is 51.8 Å². The van der Waals surface area contributed by atoms with Crippen molar-refractivity contribution in [2.75, 3.05) is 0 Å². The molecule has 4 heteroatoms. The Kier molecular flexibility index (Phi) is 8.12. The minimum atomic E-state index is 0.607. The molecule has 0 unspecified atom stereocenters. The van der Waals surface area contributed by atoms with E-state index >= 15 is 0 Å². The van der Waals surface area contributed by atoms with Gasteiger partial charge in [0.2, 0.25) is 0 Å². The van der Waals surface area contributed by atoms with E-state index in [4.69, 9.17) is 19.4 Å². The van der Waals surface area contributed by atoms with Gasteiger partial charge in [-0.3, -0.25) is 0 Å². The highest BCUT2D eigenvalue weighted by Crippen LogP contribution is 2.46. The lowest BCUT2D eigenvalue weighted by Crippen LogP contribution is -2.00. The molecule has 0 aliphatic heterocycles. The number of nitrogens with zero attached hydrogens (tertiary/aromatic N) is 3. The van der Waals surface area contributed by atoms with Crippen LogP contribution in [0.15, 0.2) is 205 Å². The Balaban J connectivity index is 1.21. The van der Waals surface area contributed by atoms with Gasteiger partial charge >= 0.3 is 0 Å². The number of aromatic nitrogens is 3. The Hall–Kier alpha value is -7.43. The third kappa shape index (κ3) is 6.06. The average molecular weight is 704 g/mol. The average Bonchev–Trinajstić information content (AvgIpc) is 3.67. The molecule has 10 aromatic rings. The van der Waals surface area contributed by atoms with Crippen molar-refractivity contribution in [3.05, 3.63) is 200 Å². The van der Waals surface area contributed by atoms with Crippen LogP contribution < -0.4 is 0 Å². The van der Waals surface area contributed by atoms with Crippen molar-refractivity contribution in [3.8, 4) is 78.7 Å². The molecule has 55 heavy (non-hydrogen) atoms. The Labute approximate surface area is 319 Å². The maximum Gasteiger partial charge on any atom is 0.164 e. The van der Waals surface area contributed by atoms with E-state index in [2.05, 4.69) is 140 Å². The van der Waals surface area contributed by atoms with E-state index in [0.717, 1.165) is 83.1 Å². The Morgan fingerprint density at radius 3 is 1.27 bits per heavy atom. The number of fused-ring (bicyclic) bond motifs is 3. The van der Waals surface area contributed by atoms with Crippen molar-refractivity contribution in [2.24, 2.45) is 0 Å². The zero-order valence-electron chi connectivity index (χ0n) is 29.8. The van der Waals surface area contributed by atoms with Gasteiger partial charge in [0, 0.05) is 38.6 Å². The monoisotopic (exact) mass is 703 g/mol. The molecule has 0 radical (unpaired) electrons. The van der Waals surface area contributed by atoms with Crippen molar-refractivity contribution < 1.29 is 4.42 Å². The predicted molar refractivity (Wildman–Crippen MR) is 225 cm³/mol. The van der Waals surface area contributed by atoms with Crippen LogP contribution in [0.4, 0.5) is 0 Å². The molecular formula is C51H33N3O. The summed E-state index contributed by atoms with van der Waals surface area (Å²) in [6, 6.07) is 69.2. The molecule has 4 nitrogen and oxygen atoms in total. The van der Waals surface area contributed by atoms with E-state index in [9.17, 15) is 0 Å². The van der Waals surface area contributed by atoms with Gasteiger partial charge in [-0.25, -0.2) is 15.0 Å². The number of hydrogen-bond acceptors (Lipinski definition) is 4. The van der Waals surface area contributed by atoms with Crippen LogP contribution in [0.1, 0.15) is 0 Å². The molecular weight excluding hydrogens is 671 g/mol. The van der Waals surface area contributed by atoms with Crippen molar-refractivity contribution in [1.82, 2.24) is 15.0 Å². The summed E-state index contributed by atoms with van der Waals surface area (Å²) in [6.45, 7) is 0. The lowest BCUT2D eigenvalue weighted by Gasteiger charge is -2.11. The van der Waals surface area contributed by atoms with E-state index < -0.39 is 0 Å². The Morgan fingerprint density at radius 2 is 0.709 bits per heavy atom. The largest absolute Gasteiger partial charge is 0.455 e. The fraction of sp³-hybridized carbons (Fsp3) is 0. The van der Waals surface area contributed by atoms with Gasteiger partial charge in [0.25, 0.3) is 0 Å². The van der Waals surface area contributed by atoms with Crippen molar-refractivity contribution in [1.29, 1.82) is 0 Å². The Morgan fingerprint density at radius 1 is 0.273 bits per heavy atom. The summed E-state index contributed by atoms with van der Waals surface area (Å²) in [4.78, 5) is 15.0. The lowest BCUT2D eigenvalue weighted by molar-refractivity contribution is 0.671. The van der Waals surface area contributed by atoms with Crippen molar-refractivity contribution in [3.63, 3.8) is 0 Å². The third-order valence-corrected chi connectivity index (χ3v) is 10.1. The second-order valence-corrected chi connectivity index (χ2v) is 13.6. The highest BCUT2D eigenvalue weighted by atomic mass is 16.3. The summed E-state index contributed by atoms with van der Waals surface area (Å²) < 4.78 is 7.13. The van der Waals surface area contributed by atoms with Crippen molar-refractivity contribution >= 4 is 21.9 Å². The molecule has 0 aliphatic rings. The van der Waals surface area contributed by atoms with Crippen molar-refractivity contribution in [2.45, 2.75) is 0 Å². The molecule has 0 N–H and O–H groups in total. The molecule has 258 valence electrons. The summed E-state index contributed by atoms with van der Waals surface area (Å²) in [5.41, 5.74) is 13.2. The standard InChI is InChI=1S/C51H33N3O/c1-6-17-34(18-7-1)41-32-44(36-21-10-3-11-22-36)47-45(33-41)46-42(35-19-8-2-9-20-35)29-30-43(48(46)55-47)39-27-16-28-40(31-39)51-53-49(37-23-12-4-13-24-37)52-50(54-51)38-25-14-5-15-26-38/h1-33H. The molecule has 8 aromatic carbocycles. The van der Waals surface area contributed by atoms with Crippen LogP contribution in [-0.4, -0.2) is 15.0 Å². The van der Waals surface area contributed by atoms with Gasteiger partial charge in [-0.2, -0.15) is 0 Å². The maximum atomic E-state index is 7.13. The first-order valence-electron chi connectivity index (χ1n) is 18.4. The first-order valence-corrected chi connectivity index (χ1v) is 18.4. The summed E-state index contributed by atoms with van der Waals surface area (Å²) in [6.07, 6.45) is 0. The highest BCUT2D eigenvalue weighted by Gasteiger charge is 2.22. The molecule has 0 bridgehead atoms. The summed E-state index contributed by atoms with van der Waals surface area (Å²) >= 11 is 0. The van der Waals surface area contributed by atoms with E-state index in [1.165, 1.54) is 0 Å². The SMILES string of the molecule is c1ccc(-c2cc(-c3ccccc3)c3oc4c(-c5cccc(-c6nc(-c7ccccc7)nc(-c7ccccc7)n6)c5)ccc(-c5ccccc5)c4c3c2)cc1. The number of benzene rings is 8. The molecule has 0 atom stereocenters. The lowest BCUT2D eigenvalue weighted by atomic mass is 9.91. The van der Waals surface area contributed by atoms with E-state index in [1.54, 1.807) is 0 Å². The Bertz CT molecular complexity index is 2890. The van der Waals surface area contributed by atoms with E-state index in [-0.39, 0.29) is 0 Å². The van der Waals surface area contributed by atoms with Crippen LogP contribution >= 0.6 is 0 Å². The fourth-order valence-corrected chi connectivity index (χ4v) is 7.46. The first-order chi connectivity index (χ1) is 27.3. The van der Waals surface area contributed by atoms with Gasteiger partial charge in [-0.05, 0) is 57.6 Å². The third-order valence-electron chi connectivity index (χ3n) is 10.1. The van der Waals surface area contributed by atoms with Gasteiger partial charge in [0.1, 0.15) is 11.2 Å². The molecule has 0 aliphatic carbocycles. The molecule has 0 amide bonds. The van der Waals surface area contributed by atoms with Gasteiger partial charge in [-0.1, -0.05) is 176 Å². The van der Waals surface area contributed by atoms with Crippen LogP contribution in [0.3, 0.4) is 0 Å². The second kappa shape index (κ2) is 13.8. The number of rotatable bonds is 7. The van der Waals surface area contributed by atoms with E-state index in [0.29, 0.717) is 17.5 Å². The normalized spacial score (nSPS) is 11.3. The smallest absolute Gasteiger partial charge is 0.164 e. The molecule has 0 spiro atoms. The number of furan rings is 1. The first kappa shape index (κ1) is 32.2. The van der Waals surface area contributed by atoms with Crippen LogP contribution in [0.25, 0.3) is 101 Å². The molecule has 0 saturated heterocycles. The van der Waals surface area contributed by atoms with Gasteiger partial charge < -0.3 is 4.42 Å². The second-order valence-electron chi connectivity index (χ2n) is 13.6. The van der Waals surface area contributed by atoms with E-state index in [1.807, 2.05) is 60.7 Å². The zero-order valence-corrected chi connectivity index (χ0v) is 29.8. The minimum absolute atomic E-state index is 0.607. The molecule has 2 heterocycles. The van der Waals surface area contributed by atoms with Crippen LogP contribution in [-0.2, 0) is 0 Å². The van der Waals surface area contributed by atoms with Gasteiger partial charge in [-0.15, -0.1) is 0 Å². The summed E-state index contributed by atoms with van der Waals surface area (Å²) in [7, 11) is 0. The summed E-state index contributed by atoms with van der Waals surface area (Å²) in [5, 5.41) is 2.15. The molecule has 10 rings (SSSR count). The van der Waals surface area contributed by atoms with Crippen LogP contribution in [0.2, 0.25) is 0 Å². The maximum absolute atomic E-state index is 7.13. The highest BCUT2D eigenvalue weighted by molar-refractivity contribution is 6.19. The zero-order chi connectivity index (χ0) is 36.6. The fourth-order valence-electron chi connectivity index (χ4n) is 7.46. The van der Waals surface area contributed by atoms with Gasteiger partial charge in [0.15, 0.2) is 17.5 Å².